The largest absolute Gasteiger partial charge is 0.392 e. The zero-order valence-corrected chi connectivity index (χ0v) is 25.8. The minimum Gasteiger partial charge on any atom is -0.392 e. The average molecular weight is 593 g/mol. The van der Waals surface area contributed by atoms with E-state index in [-0.39, 0.29) is 35.4 Å². The van der Waals surface area contributed by atoms with Crippen LogP contribution >= 0.6 is 0 Å². The van der Waals surface area contributed by atoms with Crippen LogP contribution in [0.4, 0.5) is 0 Å². The van der Waals surface area contributed by atoms with Crippen LogP contribution in [0.1, 0.15) is 80.1 Å². The molecule has 1 heterocycles. The van der Waals surface area contributed by atoms with E-state index in [9.17, 15) is 27.0 Å². The molecule has 5 aliphatic rings. The number of ether oxygens (including phenoxy) is 2. The van der Waals surface area contributed by atoms with Crippen molar-refractivity contribution >= 4 is 20.0 Å². The molecule has 0 aromatic heterocycles. The Morgan fingerprint density at radius 1 is 0.692 bits per heavy atom. The maximum atomic E-state index is 13.2. The molecule has 4 saturated carbocycles. The van der Waals surface area contributed by atoms with Crippen LogP contribution in [-0.2, 0) is 29.5 Å². The molecule has 0 aromatic carbocycles. The third kappa shape index (κ3) is 4.82. The molecule has 1 saturated heterocycles. The number of hydrogen-bond donors (Lipinski definition) is 4. The number of aliphatic hydroxyl groups is 2. The number of rotatable bonds is 10. The van der Waals surface area contributed by atoms with E-state index in [1.807, 2.05) is 0 Å². The third-order valence-electron chi connectivity index (χ3n) is 12.0. The summed E-state index contributed by atoms with van der Waals surface area (Å²) in [5, 5.41) is 21.6. The van der Waals surface area contributed by atoms with Crippen molar-refractivity contribution in [3.05, 3.63) is 0 Å². The van der Waals surface area contributed by atoms with Crippen LogP contribution in [0.2, 0.25) is 0 Å². The van der Waals surface area contributed by atoms with Crippen molar-refractivity contribution in [3.8, 4) is 0 Å². The molecule has 5 fully saturated rings. The molecule has 1 aliphatic heterocycles. The van der Waals surface area contributed by atoms with Crippen LogP contribution in [-0.4, -0.2) is 81.8 Å². The fourth-order valence-corrected chi connectivity index (χ4v) is 13.0. The van der Waals surface area contributed by atoms with Gasteiger partial charge < -0.3 is 19.7 Å². The van der Waals surface area contributed by atoms with Gasteiger partial charge in [0.05, 0.1) is 23.7 Å². The minimum atomic E-state index is -3.76. The van der Waals surface area contributed by atoms with Gasteiger partial charge in [-0.3, -0.25) is 0 Å². The molecular formula is C27H48N2O8S2. The Kier molecular flexibility index (Phi) is 7.21. The van der Waals surface area contributed by atoms with Gasteiger partial charge in [0, 0.05) is 23.9 Å². The van der Waals surface area contributed by atoms with Crippen LogP contribution in [0.3, 0.4) is 0 Å². The topological polar surface area (TPSA) is 151 Å². The number of nitrogens with one attached hydrogen (secondary N) is 2. The van der Waals surface area contributed by atoms with Crippen molar-refractivity contribution in [3.63, 3.8) is 0 Å². The first-order valence-corrected chi connectivity index (χ1v) is 17.7. The summed E-state index contributed by atoms with van der Waals surface area (Å²) in [6, 6.07) is 0. The Labute approximate surface area is 234 Å². The molecular weight excluding hydrogens is 544 g/mol. The van der Waals surface area contributed by atoms with E-state index in [0.29, 0.717) is 37.5 Å². The standard InChI is InChI=1S/C27H48N2O8S2/c1-23(2)17-7-9-26(23,21(30)11-17)15-38(32,33)28-13-19-20(37-25(5,6)36-19)14-29-39(34,35)16-27-10-8-18(12-22(27)31)24(27,3)4/h17-22,28-31H,7-16H2,1-6H3/t17-,18-,19+,20+,21-,22-,26-,27-/m1/s1. The van der Waals surface area contributed by atoms with E-state index in [1.54, 1.807) is 13.8 Å². The Morgan fingerprint density at radius 2 is 1.05 bits per heavy atom. The van der Waals surface area contributed by atoms with E-state index >= 15 is 0 Å². The minimum absolute atomic E-state index is 0.0639. The summed E-state index contributed by atoms with van der Waals surface area (Å²) >= 11 is 0. The molecule has 0 spiro atoms. The summed E-state index contributed by atoms with van der Waals surface area (Å²) in [6.45, 7) is 11.5. The zero-order valence-electron chi connectivity index (χ0n) is 24.2. The van der Waals surface area contributed by atoms with Crippen molar-refractivity contribution in [2.24, 2.45) is 33.5 Å². The SMILES string of the molecule is CC1(C)O[C@@H](CNS(=O)(=O)C[C@]23CC[C@H](C[C@H]2O)C3(C)C)[C@H](CNS(=O)(=O)C[C@]23CC[C@H](C[C@H]2O)C3(C)C)O1. The van der Waals surface area contributed by atoms with Crippen LogP contribution in [0.25, 0.3) is 0 Å². The van der Waals surface area contributed by atoms with Gasteiger partial charge in [-0.1, -0.05) is 27.7 Å². The lowest BCUT2D eigenvalue weighted by Gasteiger charge is -2.40. The molecule has 4 bridgehead atoms. The predicted octanol–water partition coefficient (Wildman–Crippen LogP) is 1.72. The van der Waals surface area contributed by atoms with E-state index in [0.717, 1.165) is 12.8 Å². The molecule has 4 aliphatic carbocycles. The van der Waals surface area contributed by atoms with Crippen molar-refractivity contribution < 1.29 is 36.5 Å². The summed E-state index contributed by atoms with van der Waals surface area (Å²) in [5.41, 5.74) is -1.89. The fraction of sp³-hybridized carbons (Fsp3) is 1.00. The van der Waals surface area contributed by atoms with Gasteiger partial charge in [0.1, 0.15) is 12.2 Å². The van der Waals surface area contributed by atoms with Crippen LogP contribution in [0.5, 0.6) is 0 Å². The molecule has 4 N–H and O–H groups in total. The molecule has 0 unspecified atom stereocenters. The second-order valence-electron chi connectivity index (χ2n) is 14.7. The lowest BCUT2D eigenvalue weighted by atomic mass is 9.70. The van der Waals surface area contributed by atoms with Crippen LogP contribution in [0, 0.1) is 33.5 Å². The second-order valence-corrected chi connectivity index (χ2v) is 18.3. The fourth-order valence-electron chi connectivity index (χ4n) is 9.21. The highest BCUT2D eigenvalue weighted by Gasteiger charge is 2.66. The smallest absolute Gasteiger partial charge is 0.212 e. The number of fused-ring (bicyclic) bond motifs is 4. The first-order chi connectivity index (χ1) is 17.8. The normalized spacial score (nSPS) is 43.9. The van der Waals surface area contributed by atoms with Crippen molar-refractivity contribution in [1.29, 1.82) is 0 Å². The second kappa shape index (κ2) is 9.33. The number of aliphatic hydroxyl groups excluding tert-OH is 2. The number of sulfonamides is 2. The van der Waals surface area contributed by atoms with Gasteiger partial charge in [-0.05, 0) is 75.0 Å². The molecule has 226 valence electrons. The highest BCUT2D eigenvalue weighted by atomic mass is 32.2. The van der Waals surface area contributed by atoms with Crippen molar-refractivity contribution in [2.75, 3.05) is 24.6 Å². The Hall–Kier alpha value is -0.340. The monoisotopic (exact) mass is 592 g/mol. The van der Waals surface area contributed by atoms with Crippen molar-refractivity contribution in [2.45, 2.75) is 110 Å². The molecule has 0 radical (unpaired) electrons. The van der Waals surface area contributed by atoms with Gasteiger partial charge in [-0.15, -0.1) is 0 Å². The maximum Gasteiger partial charge on any atom is 0.212 e. The molecule has 8 atom stereocenters. The van der Waals surface area contributed by atoms with Gasteiger partial charge in [-0.2, -0.15) is 0 Å². The van der Waals surface area contributed by atoms with Gasteiger partial charge in [-0.25, -0.2) is 26.3 Å². The van der Waals surface area contributed by atoms with Crippen molar-refractivity contribution in [1.82, 2.24) is 9.44 Å². The van der Waals surface area contributed by atoms with E-state index in [4.69, 9.17) is 9.47 Å². The van der Waals surface area contributed by atoms with E-state index in [2.05, 4.69) is 37.1 Å². The molecule has 5 rings (SSSR count). The molecule has 12 heteroatoms. The first-order valence-electron chi connectivity index (χ1n) is 14.4. The van der Waals surface area contributed by atoms with Gasteiger partial charge in [0.25, 0.3) is 0 Å². The van der Waals surface area contributed by atoms with Gasteiger partial charge in [0.2, 0.25) is 20.0 Å². The quantitative estimate of drug-likeness (QED) is 0.299. The zero-order chi connectivity index (χ0) is 28.9. The molecule has 10 nitrogen and oxygen atoms in total. The van der Waals surface area contributed by atoms with E-state index < -0.39 is 61.1 Å². The van der Waals surface area contributed by atoms with E-state index in [1.165, 1.54) is 0 Å². The maximum absolute atomic E-state index is 13.2. The summed E-state index contributed by atoms with van der Waals surface area (Å²) in [5.74, 6) is -0.676. The molecule has 0 aromatic rings. The average Bonchev–Trinajstić information content (AvgIpc) is 3.43. The summed E-state index contributed by atoms with van der Waals surface area (Å²) in [4.78, 5) is 0. The Bertz CT molecular complexity index is 1100. The number of hydrogen-bond acceptors (Lipinski definition) is 8. The third-order valence-corrected chi connectivity index (χ3v) is 15.0. The van der Waals surface area contributed by atoms with Crippen LogP contribution in [0.15, 0.2) is 0 Å². The predicted molar refractivity (Wildman–Crippen MR) is 147 cm³/mol. The summed E-state index contributed by atoms with van der Waals surface area (Å²) in [6.07, 6.45) is 1.79. The highest BCUT2D eigenvalue weighted by Crippen LogP contribution is 2.67. The summed E-state index contributed by atoms with van der Waals surface area (Å²) < 4.78 is 70.3. The lowest BCUT2D eigenvalue weighted by Crippen LogP contribution is -2.50. The summed E-state index contributed by atoms with van der Waals surface area (Å²) in [7, 11) is -7.52. The molecule has 39 heavy (non-hydrogen) atoms. The first kappa shape index (κ1) is 30.1. The molecule has 0 amide bonds. The lowest BCUT2D eigenvalue weighted by molar-refractivity contribution is -0.145. The Balaban J connectivity index is 1.22. The van der Waals surface area contributed by atoms with Crippen LogP contribution < -0.4 is 9.44 Å². The highest BCUT2D eigenvalue weighted by molar-refractivity contribution is 7.89. The van der Waals surface area contributed by atoms with Gasteiger partial charge in [0.15, 0.2) is 5.79 Å². The Morgan fingerprint density at radius 3 is 1.33 bits per heavy atom. The van der Waals surface area contributed by atoms with Gasteiger partial charge >= 0.3 is 0 Å².